The summed E-state index contributed by atoms with van der Waals surface area (Å²) in [5, 5.41) is 41.9. The van der Waals surface area contributed by atoms with Crippen LogP contribution in [0.15, 0.2) is 36.7 Å². The van der Waals surface area contributed by atoms with Gasteiger partial charge in [0.2, 0.25) is 5.91 Å². The maximum absolute atomic E-state index is 12.3. The number of hydrogen-bond acceptors (Lipinski definition) is 17. The van der Waals surface area contributed by atoms with E-state index < -0.39 is 77.4 Å². The van der Waals surface area contributed by atoms with Crippen LogP contribution in [0.1, 0.15) is 6.42 Å². The third kappa shape index (κ3) is 6.22. The molecule has 3 aliphatic heterocycles. The number of nitrogen functional groups attached to an aromatic ring is 1. The van der Waals surface area contributed by atoms with Crippen molar-refractivity contribution in [2.75, 3.05) is 18.9 Å². The Morgan fingerprint density at radius 3 is 2.42 bits per heavy atom. The summed E-state index contributed by atoms with van der Waals surface area (Å²) in [5.74, 6) is -3.13. The smallest absolute Gasteiger partial charge is 0.387 e. The topological polar surface area (TPSA) is 318 Å². The summed E-state index contributed by atoms with van der Waals surface area (Å²) in [6.07, 6.45) is -2.33. The largest absolute Gasteiger partial charge is 0.481 e. The van der Waals surface area contributed by atoms with Gasteiger partial charge in [-0.3, -0.25) is 18.4 Å². The number of anilines is 1. The zero-order valence-electron chi connectivity index (χ0n) is 21.7. The van der Waals surface area contributed by atoms with Crippen LogP contribution in [0.3, 0.4) is 0 Å². The summed E-state index contributed by atoms with van der Waals surface area (Å²) in [7, 11) is -10.7. The van der Waals surface area contributed by atoms with E-state index in [0.29, 0.717) is 0 Å². The molecule has 0 saturated carbocycles. The first-order valence-corrected chi connectivity index (χ1v) is 15.3. The Morgan fingerprint density at radius 2 is 1.77 bits per heavy atom. The molecular weight excluding hydrogens is 624 g/mol. The second-order valence-electron chi connectivity index (χ2n) is 9.52. The number of allylic oxidation sites excluding steroid dienone is 1. The molecule has 0 spiro atoms. The summed E-state index contributed by atoms with van der Waals surface area (Å²) in [5.41, 5.74) is 11.3. The number of rotatable bonds is 11. The van der Waals surface area contributed by atoms with Crippen LogP contribution in [0.5, 0.6) is 0 Å². The van der Waals surface area contributed by atoms with Crippen molar-refractivity contribution >= 4 is 38.5 Å². The van der Waals surface area contributed by atoms with Crippen molar-refractivity contribution in [3.63, 3.8) is 0 Å². The quantitative estimate of drug-likeness (QED) is 0.113. The van der Waals surface area contributed by atoms with Gasteiger partial charge in [0.15, 0.2) is 23.8 Å². The van der Waals surface area contributed by atoms with Crippen molar-refractivity contribution in [2.24, 2.45) is 5.73 Å². The number of amides is 1. The second-order valence-corrected chi connectivity index (χ2v) is 12.6. The molecular formula is C20H27N7O14P2. The van der Waals surface area contributed by atoms with Gasteiger partial charge in [-0.1, -0.05) is 6.08 Å². The van der Waals surface area contributed by atoms with Crippen LogP contribution in [0.4, 0.5) is 5.82 Å². The van der Waals surface area contributed by atoms with Gasteiger partial charge in [0.25, 0.3) is 5.91 Å². The Bertz CT molecular complexity index is 1550. The van der Waals surface area contributed by atoms with Crippen molar-refractivity contribution in [3.05, 3.63) is 36.7 Å². The molecule has 9 atom stereocenters. The molecule has 43 heavy (non-hydrogen) atoms. The first-order valence-electron chi connectivity index (χ1n) is 12.3. The highest BCUT2D eigenvalue weighted by Gasteiger charge is 2.58. The number of ether oxygens (including phenoxy) is 2. The lowest BCUT2D eigenvalue weighted by Crippen LogP contribution is -2.66. The summed E-state index contributed by atoms with van der Waals surface area (Å²) >= 11 is 0. The maximum Gasteiger partial charge on any atom is 0.481 e. The lowest BCUT2D eigenvalue weighted by Gasteiger charge is -2.48. The van der Waals surface area contributed by atoms with Crippen LogP contribution in [-0.2, 0) is 42.7 Å². The number of hydrogen-bond donors (Lipinski definition) is 8. The Labute approximate surface area is 240 Å². The molecule has 23 heteroatoms. The fourth-order valence-corrected chi connectivity index (χ4v) is 6.56. The molecule has 2 aromatic heterocycles. The van der Waals surface area contributed by atoms with E-state index in [1.54, 1.807) is 6.08 Å². The van der Waals surface area contributed by atoms with E-state index in [0.717, 1.165) is 17.2 Å². The van der Waals surface area contributed by atoms with Crippen molar-refractivity contribution < 1.29 is 67.0 Å². The van der Waals surface area contributed by atoms with E-state index in [2.05, 4.69) is 28.3 Å². The van der Waals surface area contributed by atoms with Gasteiger partial charge in [-0.2, -0.15) is 4.31 Å². The first kappa shape index (κ1) is 31.5. The van der Waals surface area contributed by atoms with Crippen molar-refractivity contribution in [2.45, 2.75) is 49.1 Å². The van der Waals surface area contributed by atoms with Crippen LogP contribution < -0.4 is 11.5 Å². The zero-order chi connectivity index (χ0) is 31.3. The molecule has 10 N–H and O–H groups in total. The number of aliphatic hydroxyl groups excluding tert-OH is 3. The molecule has 236 valence electrons. The van der Waals surface area contributed by atoms with Gasteiger partial charge < -0.3 is 56.1 Å². The zero-order valence-corrected chi connectivity index (χ0v) is 23.5. The van der Waals surface area contributed by atoms with Crippen LogP contribution in [-0.4, -0.2) is 111 Å². The van der Waals surface area contributed by atoms with E-state index in [1.807, 2.05) is 0 Å². The molecule has 0 radical (unpaired) electrons. The fourth-order valence-electron chi connectivity index (χ4n) is 4.46. The van der Waals surface area contributed by atoms with Gasteiger partial charge in [-0.15, -0.1) is 0 Å². The Hall–Kier alpha value is -2.88. The molecule has 0 aromatic carbocycles. The van der Waals surface area contributed by atoms with Crippen LogP contribution in [0.25, 0.3) is 11.2 Å². The van der Waals surface area contributed by atoms with E-state index >= 15 is 0 Å². The minimum atomic E-state index is -5.35. The molecule has 5 heterocycles. The monoisotopic (exact) mass is 651 g/mol. The highest BCUT2D eigenvalue weighted by atomic mass is 31.3. The molecule has 0 aliphatic carbocycles. The fraction of sp³-hybridized carbons (Fsp3) is 0.500. The van der Waals surface area contributed by atoms with Gasteiger partial charge in [-0.25, -0.2) is 24.1 Å². The number of phosphoric ester groups is 2. The Kier molecular flexibility index (Phi) is 8.48. The maximum atomic E-state index is 12.3. The number of fused-ring (bicyclic) bond motifs is 1. The SMILES string of the molecule is NC(=O)C1=CN(C2OC(COP(=O)(O)OP(=O)(O)OCC3O[C@](O)(n4cnc5c(N)ncnc54)[C@@H]3O)C(O)C2O)C=CC1. The van der Waals surface area contributed by atoms with Gasteiger partial charge in [0, 0.05) is 18.0 Å². The number of nitrogens with zero attached hydrogens (tertiary/aromatic N) is 5. The molecule has 2 saturated heterocycles. The molecule has 3 aliphatic rings. The molecule has 1 amide bonds. The minimum absolute atomic E-state index is 0.00448. The van der Waals surface area contributed by atoms with Gasteiger partial charge in [0.1, 0.15) is 42.6 Å². The number of aromatic nitrogens is 4. The van der Waals surface area contributed by atoms with E-state index in [1.165, 1.54) is 17.3 Å². The number of aliphatic hydroxyl groups is 4. The predicted molar refractivity (Wildman–Crippen MR) is 137 cm³/mol. The van der Waals surface area contributed by atoms with Crippen molar-refractivity contribution in [1.82, 2.24) is 24.4 Å². The molecule has 0 bridgehead atoms. The van der Waals surface area contributed by atoms with Gasteiger partial charge in [-0.05, 0) is 6.42 Å². The van der Waals surface area contributed by atoms with Crippen LogP contribution in [0.2, 0.25) is 0 Å². The highest BCUT2D eigenvalue weighted by molar-refractivity contribution is 7.61. The summed E-state index contributed by atoms with van der Waals surface area (Å²) in [6.45, 7) is -1.79. The average Bonchev–Trinajstić information content (AvgIpc) is 3.51. The molecule has 5 rings (SSSR count). The van der Waals surface area contributed by atoms with E-state index in [-0.39, 0.29) is 29.0 Å². The highest BCUT2D eigenvalue weighted by Crippen LogP contribution is 2.61. The van der Waals surface area contributed by atoms with Crippen molar-refractivity contribution in [3.8, 4) is 0 Å². The van der Waals surface area contributed by atoms with Gasteiger partial charge >= 0.3 is 15.6 Å². The lowest BCUT2D eigenvalue weighted by atomic mass is 10.0. The normalized spacial score (nSPS) is 33.5. The molecule has 2 aromatic rings. The molecule has 7 unspecified atom stereocenters. The summed E-state index contributed by atoms with van der Waals surface area (Å²) in [4.78, 5) is 44.2. The van der Waals surface area contributed by atoms with Crippen LogP contribution in [0, 0.1) is 0 Å². The minimum Gasteiger partial charge on any atom is -0.387 e. The van der Waals surface area contributed by atoms with Crippen molar-refractivity contribution in [1.29, 1.82) is 0 Å². The second kappa shape index (κ2) is 11.6. The Balaban J connectivity index is 1.13. The molecule has 2 fully saturated rings. The van der Waals surface area contributed by atoms with E-state index in [9.17, 15) is 44.1 Å². The molecule has 21 nitrogen and oxygen atoms in total. The lowest BCUT2D eigenvalue weighted by molar-refractivity contribution is -0.432. The van der Waals surface area contributed by atoms with Gasteiger partial charge in [0.05, 0.1) is 13.2 Å². The third-order valence-corrected chi connectivity index (χ3v) is 9.25. The predicted octanol–water partition coefficient (Wildman–Crippen LogP) is -2.94. The number of phosphoric acid groups is 2. The number of nitrogens with two attached hydrogens (primary N) is 2. The summed E-state index contributed by atoms with van der Waals surface area (Å²) in [6, 6.07) is 0. The number of carbonyl (C=O) groups excluding carboxylic acids is 1. The number of carbonyl (C=O) groups is 1. The first-order chi connectivity index (χ1) is 20.1. The standard InChI is InChI=1S/C20H27N7O14P2/c21-16-12-18(24-7-23-16)27(8-25-12)20(32)15(30)11(40-20)6-38-43(35,36)41-42(33,34)37-5-10-13(28)14(29)19(39-10)26-3-1-2-9(4-26)17(22)31/h1,3-4,7-8,10-11,13-15,19,28-30,32H,2,5-6H2,(H2,22,31)(H,33,34)(H,35,36)(H2,21,23,24)/t10?,11?,13?,14?,15-,19?,20+/m1/s1. The average molecular weight is 651 g/mol. The third-order valence-electron chi connectivity index (χ3n) is 6.65. The van der Waals surface area contributed by atoms with E-state index in [4.69, 9.17) is 20.9 Å². The number of primary amides is 1. The van der Waals surface area contributed by atoms with Crippen LogP contribution >= 0.6 is 15.6 Å². The Morgan fingerprint density at radius 1 is 1.09 bits per heavy atom. The number of imidazole rings is 1. The summed E-state index contributed by atoms with van der Waals surface area (Å²) < 4.78 is 49.8.